The minimum atomic E-state index is -0.323. The largest absolute Gasteiger partial charge is 0.343 e. The lowest BCUT2D eigenvalue weighted by molar-refractivity contribution is -0.756. The fraction of sp³-hybridized carbons (Fsp3) is 0.298. The molecule has 3 N–H and O–H groups in total. The molecule has 0 radical (unpaired) electrons. The Morgan fingerprint density at radius 1 is 0.514 bits per heavy atom. The molecule has 1 amide bonds. The van der Waals surface area contributed by atoms with Crippen LogP contribution in [0.4, 0.5) is 0 Å². The average molecular weight is 1030 g/mol. The first-order valence-corrected chi connectivity index (χ1v) is 25.3. The van der Waals surface area contributed by atoms with Crippen LogP contribution in [0.25, 0.3) is 0 Å². The predicted molar refractivity (Wildman–Crippen MR) is 284 cm³/mol. The van der Waals surface area contributed by atoms with Gasteiger partial charge in [-0.05, 0) is 121 Å². The molecule has 0 saturated carbocycles. The molecule has 15 heteroatoms. The zero-order valence-electron chi connectivity index (χ0n) is 39.6. The van der Waals surface area contributed by atoms with E-state index in [1.54, 1.807) is 0 Å². The molecule has 2 aliphatic rings. The zero-order valence-corrected chi connectivity index (χ0v) is 41.9. The Balaban J connectivity index is 0.000000178. The number of amides is 1. The summed E-state index contributed by atoms with van der Waals surface area (Å²) in [5.74, 6) is 2.11. The summed E-state index contributed by atoms with van der Waals surface area (Å²) in [6, 6.07) is 56.9. The number of carbonyl (C=O) groups excluding carboxylic acids is 2. The highest BCUT2D eigenvalue weighted by atomic mass is 35.5. The second-order valence-corrected chi connectivity index (χ2v) is 19.3. The number of aromatic nitrogens is 8. The lowest BCUT2D eigenvalue weighted by Gasteiger charge is -2.39. The molecule has 372 valence electrons. The van der Waals surface area contributed by atoms with E-state index in [1.807, 2.05) is 113 Å². The average Bonchev–Trinajstić information content (AvgIpc) is 4.11. The van der Waals surface area contributed by atoms with Crippen LogP contribution < -0.4 is 14.7 Å². The van der Waals surface area contributed by atoms with Gasteiger partial charge in [0.15, 0.2) is 10.4 Å². The Morgan fingerprint density at radius 3 is 1.32 bits per heavy atom. The number of nitrogens with zero attached hydrogens (tertiary/aromatic N) is 7. The zero-order chi connectivity index (χ0) is 49.3. The molecular formula is C57H63Cl3N10O2+2. The third-order valence-corrected chi connectivity index (χ3v) is 14.2. The van der Waals surface area contributed by atoms with E-state index in [0.29, 0.717) is 44.0 Å². The number of hydrogen-bond donors (Lipinski definition) is 3. The van der Waals surface area contributed by atoms with Gasteiger partial charge < -0.3 is 10.2 Å². The highest BCUT2D eigenvalue weighted by Gasteiger charge is 2.48. The lowest BCUT2D eigenvalue weighted by atomic mass is 9.72. The molecule has 2 aromatic heterocycles. The Morgan fingerprint density at radius 2 is 0.903 bits per heavy atom. The second-order valence-electron chi connectivity index (χ2n) is 18.0. The van der Waals surface area contributed by atoms with Gasteiger partial charge in [-0.1, -0.05) is 187 Å². The Bertz CT molecular complexity index is 2870. The monoisotopic (exact) mass is 1020 g/mol. The smallest absolute Gasteiger partial charge is 0.311 e. The minimum Gasteiger partial charge on any atom is -0.343 e. The number of carbonyl (C=O) groups is 2. The van der Waals surface area contributed by atoms with Crippen molar-refractivity contribution in [1.82, 2.24) is 41.3 Å². The van der Waals surface area contributed by atoms with Crippen molar-refractivity contribution in [2.45, 2.75) is 82.7 Å². The van der Waals surface area contributed by atoms with Gasteiger partial charge in [0.1, 0.15) is 23.3 Å². The lowest BCUT2D eigenvalue weighted by Crippen LogP contribution is -2.53. The van der Waals surface area contributed by atoms with E-state index < -0.39 is 0 Å². The fourth-order valence-electron chi connectivity index (χ4n) is 9.65. The SMILES string of the molecule is C.Clc1ccc(C[n+]2[nH]nnc2C2(c3ccccc3)CCNCC2)cc1.O=C(CCc1ccccc1)N1CCC(c2ccccc2)(c2nn[nH][n+]2Cc2ccc(Cl)cc2)CC1.O=C(Cl)CCc1ccccc1. The van der Waals surface area contributed by atoms with E-state index in [0.717, 1.165) is 79.4 Å². The maximum absolute atomic E-state index is 13.0. The molecule has 12 nitrogen and oxygen atoms in total. The van der Waals surface area contributed by atoms with Crippen LogP contribution in [-0.4, -0.2) is 73.3 Å². The predicted octanol–water partition coefficient (Wildman–Crippen LogP) is 9.82. The molecule has 0 atom stereocenters. The number of piperidine rings is 2. The molecule has 0 spiro atoms. The van der Waals surface area contributed by atoms with Crippen molar-refractivity contribution in [2.75, 3.05) is 26.2 Å². The number of aryl methyl sites for hydroxylation is 2. The number of halogens is 3. The summed E-state index contributed by atoms with van der Waals surface area (Å²) >= 11 is 17.3. The quantitative estimate of drug-likeness (QED) is 0.0728. The Kier molecular flexibility index (Phi) is 19.4. The van der Waals surface area contributed by atoms with Gasteiger partial charge in [0.05, 0.1) is 10.8 Å². The molecule has 10 rings (SSSR count). The first kappa shape index (κ1) is 53.2. The summed E-state index contributed by atoms with van der Waals surface area (Å²) in [4.78, 5) is 25.4. The van der Waals surface area contributed by atoms with Crippen LogP contribution in [0.3, 0.4) is 0 Å². The summed E-state index contributed by atoms with van der Waals surface area (Å²) in [5, 5.41) is 28.2. The highest BCUT2D eigenvalue weighted by molar-refractivity contribution is 6.63. The van der Waals surface area contributed by atoms with Crippen LogP contribution in [0.5, 0.6) is 0 Å². The third-order valence-electron chi connectivity index (χ3n) is 13.5. The van der Waals surface area contributed by atoms with E-state index in [4.69, 9.17) is 34.8 Å². The van der Waals surface area contributed by atoms with Crippen molar-refractivity contribution < 1.29 is 19.0 Å². The molecule has 4 heterocycles. The molecule has 72 heavy (non-hydrogen) atoms. The number of benzene rings is 6. The van der Waals surface area contributed by atoms with E-state index >= 15 is 0 Å². The van der Waals surface area contributed by atoms with Crippen molar-refractivity contribution in [1.29, 1.82) is 0 Å². The van der Waals surface area contributed by atoms with Gasteiger partial charge in [0, 0.05) is 36.0 Å². The van der Waals surface area contributed by atoms with Gasteiger partial charge in [-0.25, -0.2) is 0 Å². The van der Waals surface area contributed by atoms with Crippen LogP contribution in [0.2, 0.25) is 10.0 Å². The first-order valence-electron chi connectivity index (χ1n) is 24.2. The normalized spacial score (nSPS) is 14.6. The topological polar surface area (TPSA) is 140 Å². The van der Waals surface area contributed by atoms with Gasteiger partial charge >= 0.3 is 11.6 Å². The summed E-state index contributed by atoms with van der Waals surface area (Å²) in [5.41, 5.74) is 6.69. The standard InChI is InChI=1S/C28H28ClN5O.C19H20ClN5.C9H9ClO.CH4/c29-25-14-11-23(12-15-25)21-34-27(30-31-32-34)28(24-9-5-2-6-10-24)17-19-33(20-18-28)26(35)16-13-22-7-3-1-4-8-22;20-17-8-6-15(7-9-17)14-25-18(22-23-24-25)19(10-12-21-13-11-19)16-4-2-1-3-5-16;10-9(11)7-6-8-4-2-1-3-5-8;/h1-12,14-15H,13,16-21H2;1-9,21H,10-14H2;1-5H,6-7H2;1H4/p+2. The van der Waals surface area contributed by atoms with Gasteiger partial charge in [0.25, 0.3) is 0 Å². The molecule has 0 unspecified atom stereocenters. The number of H-pyrrole nitrogens is 2. The summed E-state index contributed by atoms with van der Waals surface area (Å²) in [6.45, 7) is 4.65. The number of tetrazole rings is 2. The highest BCUT2D eigenvalue weighted by Crippen LogP contribution is 2.40. The maximum atomic E-state index is 13.0. The van der Waals surface area contributed by atoms with Crippen molar-refractivity contribution in [3.8, 4) is 0 Å². The van der Waals surface area contributed by atoms with Crippen molar-refractivity contribution in [3.05, 3.63) is 225 Å². The van der Waals surface area contributed by atoms with Crippen LogP contribution in [0.1, 0.15) is 91.0 Å². The number of rotatable bonds is 14. The number of likely N-dealkylation sites (tertiary alicyclic amines) is 1. The Hall–Kier alpha value is -6.57. The van der Waals surface area contributed by atoms with E-state index in [9.17, 15) is 9.59 Å². The summed E-state index contributed by atoms with van der Waals surface area (Å²) in [6.07, 6.45) is 6.05. The first-order chi connectivity index (χ1) is 34.7. The Labute approximate surface area is 437 Å². The molecular weight excluding hydrogens is 963 g/mol. The van der Waals surface area contributed by atoms with Gasteiger partial charge in [0.2, 0.25) is 11.1 Å². The van der Waals surface area contributed by atoms with Gasteiger partial charge in [-0.3, -0.25) is 9.59 Å². The van der Waals surface area contributed by atoms with Gasteiger partial charge in [-0.15, -0.1) is 0 Å². The maximum Gasteiger partial charge on any atom is 0.311 e. The summed E-state index contributed by atoms with van der Waals surface area (Å²) < 4.78 is 4.07. The van der Waals surface area contributed by atoms with Crippen molar-refractivity contribution >= 4 is 46.0 Å². The molecule has 0 aliphatic carbocycles. The molecule has 2 aliphatic heterocycles. The van der Waals surface area contributed by atoms with E-state index in [2.05, 4.69) is 108 Å². The fourth-order valence-corrected chi connectivity index (χ4v) is 10.00. The van der Waals surface area contributed by atoms with Crippen LogP contribution in [-0.2, 0) is 46.4 Å². The number of hydrogen-bond acceptors (Lipinski definition) is 7. The van der Waals surface area contributed by atoms with Crippen LogP contribution in [0, 0.1) is 0 Å². The minimum absolute atomic E-state index is 0. The van der Waals surface area contributed by atoms with Gasteiger partial charge in [-0.2, -0.15) is 9.36 Å². The molecule has 0 bridgehead atoms. The van der Waals surface area contributed by atoms with Crippen LogP contribution >= 0.6 is 34.8 Å². The molecule has 6 aromatic carbocycles. The molecule has 2 fully saturated rings. The van der Waals surface area contributed by atoms with E-state index in [1.165, 1.54) is 22.3 Å². The molecule has 8 aromatic rings. The number of aromatic amines is 2. The van der Waals surface area contributed by atoms with E-state index in [-0.39, 0.29) is 29.4 Å². The van der Waals surface area contributed by atoms with Crippen molar-refractivity contribution in [3.63, 3.8) is 0 Å². The molecule has 2 saturated heterocycles. The number of nitrogens with one attached hydrogen (secondary N) is 3. The summed E-state index contributed by atoms with van der Waals surface area (Å²) in [7, 11) is 0. The second kappa shape index (κ2) is 26.2. The van der Waals surface area contributed by atoms with Crippen molar-refractivity contribution in [2.24, 2.45) is 0 Å². The van der Waals surface area contributed by atoms with Crippen LogP contribution in [0.15, 0.2) is 170 Å². The third kappa shape index (κ3) is 13.9.